The SMILES string of the molecule is O=C(NCc1ccco1)NCc1nnc2ccc(-c3cccs3)nn12. The molecule has 126 valence electrons. The van der Waals surface area contributed by atoms with Gasteiger partial charge in [0.1, 0.15) is 11.5 Å². The maximum absolute atomic E-state index is 11.9. The average Bonchev–Trinajstić information content (AvgIpc) is 3.39. The Morgan fingerprint density at radius 2 is 2.04 bits per heavy atom. The van der Waals surface area contributed by atoms with Crippen molar-refractivity contribution < 1.29 is 9.21 Å². The molecule has 0 aliphatic rings. The van der Waals surface area contributed by atoms with E-state index < -0.39 is 0 Å². The lowest BCUT2D eigenvalue weighted by Crippen LogP contribution is -2.35. The van der Waals surface area contributed by atoms with Crippen LogP contribution in [0.5, 0.6) is 0 Å². The predicted molar refractivity (Wildman–Crippen MR) is 91.9 cm³/mol. The summed E-state index contributed by atoms with van der Waals surface area (Å²) in [5, 5.41) is 20.2. The third kappa shape index (κ3) is 3.36. The van der Waals surface area contributed by atoms with Gasteiger partial charge in [0, 0.05) is 0 Å². The van der Waals surface area contributed by atoms with Gasteiger partial charge in [0.25, 0.3) is 0 Å². The van der Waals surface area contributed by atoms with Crippen LogP contribution in [0.15, 0.2) is 52.5 Å². The van der Waals surface area contributed by atoms with Gasteiger partial charge in [0.05, 0.1) is 24.2 Å². The van der Waals surface area contributed by atoms with E-state index in [1.165, 1.54) is 0 Å². The van der Waals surface area contributed by atoms with Crippen molar-refractivity contribution in [1.82, 2.24) is 30.4 Å². The maximum atomic E-state index is 11.9. The molecule has 0 atom stereocenters. The van der Waals surface area contributed by atoms with E-state index in [1.54, 1.807) is 34.2 Å². The molecule has 2 amide bonds. The van der Waals surface area contributed by atoms with Crippen LogP contribution in [0.25, 0.3) is 16.2 Å². The molecule has 0 unspecified atom stereocenters. The number of amides is 2. The van der Waals surface area contributed by atoms with Crippen LogP contribution in [0.3, 0.4) is 0 Å². The number of nitrogens with one attached hydrogen (secondary N) is 2. The zero-order valence-electron chi connectivity index (χ0n) is 13.0. The molecule has 0 aliphatic heterocycles. The second-order valence-corrected chi connectivity index (χ2v) is 6.15. The van der Waals surface area contributed by atoms with Crippen molar-refractivity contribution in [2.24, 2.45) is 0 Å². The van der Waals surface area contributed by atoms with Gasteiger partial charge >= 0.3 is 6.03 Å². The Hall–Kier alpha value is -3.20. The van der Waals surface area contributed by atoms with Crippen LogP contribution < -0.4 is 10.6 Å². The topological polar surface area (TPSA) is 97.3 Å². The van der Waals surface area contributed by atoms with Crippen molar-refractivity contribution in [1.29, 1.82) is 0 Å². The lowest BCUT2D eigenvalue weighted by molar-refractivity contribution is 0.239. The van der Waals surface area contributed by atoms with Gasteiger partial charge in [-0.15, -0.1) is 21.5 Å². The van der Waals surface area contributed by atoms with Crippen LogP contribution in [0.1, 0.15) is 11.6 Å². The molecule has 4 heterocycles. The Morgan fingerprint density at radius 3 is 2.84 bits per heavy atom. The maximum Gasteiger partial charge on any atom is 0.315 e. The quantitative estimate of drug-likeness (QED) is 0.574. The van der Waals surface area contributed by atoms with Crippen LogP contribution in [0, 0.1) is 0 Å². The molecule has 9 heteroatoms. The van der Waals surface area contributed by atoms with E-state index in [-0.39, 0.29) is 12.6 Å². The summed E-state index contributed by atoms with van der Waals surface area (Å²) < 4.78 is 6.80. The minimum atomic E-state index is -0.317. The number of hydrogen-bond donors (Lipinski definition) is 2. The van der Waals surface area contributed by atoms with Gasteiger partial charge in [-0.2, -0.15) is 9.61 Å². The monoisotopic (exact) mass is 354 g/mol. The van der Waals surface area contributed by atoms with Gasteiger partial charge in [0.15, 0.2) is 11.5 Å². The third-order valence-electron chi connectivity index (χ3n) is 3.51. The number of fused-ring (bicyclic) bond motifs is 1. The first-order valence-corrected chi connectivity index (χ1v) is 8.47. The fraction of sp³-hybridized carbons (Fsp3) is 0.125. The van der Waals surface area contributed by atoms with Crippen molar-refractivity contribution in [2.45, 2.75) is 13.1 Å². The lowest BCUT2D eigenvalue weighted by Gasteiger charge is -2.05. The number of carbonyl (C=O) groups is 1. The van der Waals surface area contributed by atoms with Crippen molar-refractivity contribution in [3.63, 3.8) is 0 Å². The Balaban J connectivity index is 1.44. The molecule has 0 bridgehead atoms. The zero-order chi connectivity index (χ0) is 17.1. The number of thiophene rings is 1. The van der Waals surface area contributed by atoms with E-state index >= 15 is 0 Å². The molecule has 0 fully saturated rings. The van der Waals surface area contributed by atoms with Crippen LogP contribution in [0.4, 0.5) is 4.79 Å². The van der Waals surface area contributed by atoms with Gasteiger partial charge in [-0.3, -0.25) is 0 Å². The molecule has 4 rings (SSSR count). The van der Waals surface area contributed by atoms with Crippen LogP contribution >= 0.6 is 11.3 Å². The minimum Gasteiger partial charge on any atom is -0.467 e. The van der Waals surface area contributed by atoms with E-state index in [0.29, 0.717) is 23.8 Å². The van der Waals surface area contributed by atoms with Gasteiger partial charge in [0.2, 0.25) is 0 Å². The minimum absolute atomic E-state index is 0.214. The number of hydrogen-bond acceptors (Lipinski definition) is 6. The third-order valence-corrected chi connectivity index (χ3v) is 4.40. The zero-order valence-corrected chi connectivity index (χ0v) is 13.9. The van der Waals surface area contributed by atoms with Crippen molar-refractivity contribution in [2.75, 3.05) is 0 Å². The summed E-state index contributed by atoms with van der Waals surface area (Å²) in [4.78, 5) is 12.9. The first-order chi connectivity index (χ1) is 12.3. The van der Waals surface area contributed by atoms with Crippen molar-refractivity contribution in [3.8, 4) is 10.6 Å². The normalized spacial score (nSPS) is 10.9. The highest BCUT2D eigenvalue weighted by molar-refractivity contribution is 7.13. The average molecular weight is 354 g/mol. The smallest absolute Gasteiger partial charge is 0.315 e. The summed E-state index contributed by atoms with van der Waals surface area (Å²) >= 11 is 1.61. The first kappa shape index (κ1) is 15.3. The fourth-order valence-electron chi connectivity index (χ4n) is 2.30. The molecule has 4 aromatic rings. The number of urea groups is 1. The standard InChI is InChI=1S/C16H14N6O2S/c23-16(17-9-11-3-1-7-24-11)18-10-15-20-19-14-6-5-12(21-22(14)15)13-4-2-8-25-13/h1-8H,9-10H2,(H2,17,18,23). The molecule has 0 aliphatic carbocycles. The second-order valence-electron chi connectivity index (χ2n) is 5.20. The van der Waals surface area contributed by atoms with Crippen LogP contribution in [-0.2, 0) is 13.1 Å². The number of aromatic nitrogens is 4. The largest absolute Gasteiger partial charge is 0.467 e. The summed E-state index contributed by atoms with van der Waals surface area (Å²) in [5.74, 6) is 1.24. The lowest BCUT2D eigenvalue weighted by atomic mass is 10.3. The molecule has 25 heavy (non-hydrogen) atoms. The molecule has 0 spiro atoms. The Bertz CT molecular complexity index is 978. The van der Waals surface area contributed by atoms with Crippen molar-refractivity contribution in [3.05, 3.63) is 59.6 Å². The Kier molecular flexibility index (Phi) is 4.13. The van der Waals surface area contributed by atoms with Gasteiger partial charge in [-0.1, -0.05) is 6.07 Å². The van der Waals surface area contributed by atoms with E-state index in [1.807, 2.05) is 29.6 Å². The number of nitrogens with zero attached hydrogens (tertiary/aromatic N) is 4. The summed E-state index contributed by atoms with van der Waals surface area (Å²) in [6.07, 6.45) is 1.56. The number of rotatable bonds is 5. The highest BCUT2D eigenvalue weighted by Gasteiger charge is 2.10. The molecular weight excluding hydrogens is 340 g/mol. The second kappa shape index (κ2) is 6.73. The predicted octanol–water partition coefficient (Wildman–Crippen LogP) is 2.45. The highest BCUT2D eigenvalue weighted by atomic mass is 32.1. The van der Waals surface area contributed by atoms with Crippen molar-refractivity contribution >= 4 is 23.0 Å². The molecule has 0 aromatic carbocycles. The summed E-state index contributed by atoms with van der Waals surface area (Å²) in [5.41, 5.74) is 1.47. The molecule has 2 N–H and O–H groups in total. The summed E-state index contributed by atoms with van der Waals surface area (Å²) in [6, 6.07) is 11.0. The van der Waals surface area contributed by atoms with E-state index in [2.05, 4.69) is 25.9 Å². The Morgan fingerprint density at radius 1 is 1.12 bits per heavy atom. The van der Waals surface area contributed by atoms with E-state index in [9.17, 15) is 4.79 Å². The first-order valence-electron chi connectivity index (χ1n) is 7.59. The van der Waals surface area contributed by atoms with Gasteiger partial charge in [-0.05, 0) is 35.7 Å². The summed E-state index contributed by atoms with van der Waals surface area (Å²) in [6.45, 7) is 0.534. The molecule has 8 nitrogen and oxygen atoms in total. The van der Waals surface area contributed by atoms with Crippen LogP contribution in [0.2, 0.25) is 0 Å². The summed E-state index contributed by atoms with van der Waals surface area (Å²) in [7, 11) is 0. The molecular formula is C16H14N6O2S. The van der Waals surface area contributed by atoms with Gasteiger partial charge in [-0.25, -0.2) is 4.79 Å². The van der Waals surface area contributed by atoms with Crippen LogP contribution in [-0.4, -0.2) is 25.8 Å². The molecule has 0 saturated heterocycles. The van der Waals surface area contributed by atoms with Gasteiger partial charge < -0.3 is 15.1 Å². The highest BCUT2D eigenvalue weighted by Crippen LogP contribution is 2.22. The molecule has 0 radical (unpaired) electrons. The molecule has 4 aromatic heterocycles. The van der Waals surface area contributed by atoms with E-state index in [0.717, 1.165) is 10.6 Å². The Labute approximate surface area is 146 Å². The van der Waals surface area contributed by atoms with E-state index in [4.69, 9.17) is 4.42 Å². The number of carbonyl (C=O) groups excluding carboxylic acids is 1. The number of furan rings is 1. The fourth-order valence-corrected chi connectivity index (χ4v) is 2.99. The molecule has 0 saturated carbocycles.